The number of aryl methyl sites for hydroxylation is 1. The molecule has 1 aliphatic rings. The van der Waals surface area contributed by atoms with Gasteiger partial charge in [0.05, 0.1) is 12.3 Å². The molecule has 3 rings (SSSR count). The van der Waals surface area contributed by atoms with Crippen LogP contribution in [0.5, 0.6) is 5.75 Å². The molecule has 6 heteroatoms. The summed E-state index contributed by atoms with van der Waals surface area (Å²) >= 11 is 0. The van der Waals surface area contributed by atoms with Crippen LogP contribution in [-0.4, -0.2) is 17.5 Å². The van der Waals surface area contributed by atoms with Gasteiger partial charge >= 0.3 is 0 Å². The van der Waals surface area contributed by atoms with E-state index >= 15 is 0 Å². The summed E-state index contributed by atoms with van der Waals surface area (Å²) in [5, 5.41) is 11.2. The van der Waals surface area contributed by atoms with E-state index in [2.05, 4.69) is 4.99 Å². The van der Waals surface area contributed by atoms with Gasteiger partial charge in [-0.05, 0) is 26.0 Å². The normalized spacial score (nSPS) is 19.4. The zero-order valence-corrected chi connectivity index (χ0v) is 12.7. The van der Waals surface area contributed by atoms with E-state index in [1.165, 1.54) is 0 Å². The first-order chi connectivity index (χ1) is 10.9. The Bertz CT molecular complexity index is 820. The zero-order chi connectivity index (χ0) is 16.8. The molecule has 0 fully saturated rings. The molecule has 0 aliphatic carbocycles. The Morgan fingerprint density at radius 2 is 1.87 bits per heavy atom. The monoisotopic (exact) mass is 318 g/mol. The van der Waals surface area contributed by atoms with Gasteiger partial charge in [-0.15, -0.1) is 0 Å². The van der Waals surface area contributed by atoms with Gasteiger partial charge in [-0.1, -0.05) is 17.7 Å². The second-order valence-electron chi connectivity index (χ2n) is 5.42. The highest BCUT2D eigenvalue weighted by atomic mass is 19.2. The molecule has 0 saturated carbocycles. The molecular weight excluding hydrogens is 302 g/mol. The molecular formula is C17H16F2N2O2. The lowest BCUT2D eigenvalue weighted by Crippen LogP contribution is -2.40. The maximum absolute atomic E-state index is 13.8. The second-order valence-corrected chi connectivity index (χ2v) is 5.42. The number of benzene rings is 2. The molecule has 0 aromatic heterocycles. The van der Waals surface area contributed by atoms with Crippen molar-refractivity contribution in [3.8, 4) is 5.75 Å². The van der Waals surface area contributed by atoms with Crippen molar-refractivity contribution in [3.63, 3.8) is 0 Å². The molecule has 0 spiro atoms. The first-order valence-corrected chi connectivity index (χ1v) is 7.18. The Labute approximate surface area is 132 Å². The summed E-state index contributed by atoms with van der Waals surface area (Å²) in [4.78, 5) is 4.15. The van der Waals surface area contributed by atoms with Crippen LogP contribution in [-0.2, 0) is 5.60 Å². The van der Waals surface area contributed by atoms with Gasteiger partial charge < -0.3 is 15.6 Å². The molecule has 2 aromatic carbocycles. The molecule has 4 nitrogen and oxygen atoms in total. The van der Waals surface area contributed by atoms with Crippen molar-refractivity contribution >= 4 is 11.5 Å². The number of hydrogen-bond acceptors (Lipinski definition) is 4. The van der Waals surface area contributed by atoms with Crippen LogP contribution in [0.25, 0.3) is 0 Å². The van der Waals surface area contributed by atoms with Gasteiger partial charge in [0.1, 0.15) is 11.6 Å². The number of aliphatic imine (C=N–C) groups is 1. The summed E-state index contributed by atoms with van der Waals surface area (Å²) in [5.74, 6) is -2.23. The predicted molar refractivity (Wildman–Crippen MR) is 83.0 cm³/mol. The van der Waals surface area contributed by atoms with Gasteiger partial charge in [-0.3, -0.25) is 0 Å². The second kappa shape index (κ2) is 5.31. The SMILES string of the molecule is CCOc1cc(F)c(F)cc1C1(O)C(N)=Nc2ccc(C)cc21. The molecule has 0 saturated heterocycles. The lowest BCUT2D eigenvalue weighted by molar-refractivity contribution is 0.152. The van der Waals surface area contributed by atoms with Gasteiger partial charge in [0.25, 0.3) is 0 Å². The van der Waals surface area contributed by atoms with Crippen molar-refractivity contribution < 1.29 is 18.6 Å². The first-order valence-electron chi connectivity index (χ1n) is 7.18. The third kappa shape index (κ3) is 2.26. The number of amidine groups is 1. The van der Waals surface area contributed by atoms with E-state index in [-0.39, 0.29) is 23.8 Å². The minimum atomic E-state index is -1.86. The summed E-state index contributed by atoms with van der Waals surface area (Å²) in [6, 6.07) is 7.08. The molecule has 1 unspecified atom stereocenters. The van der Waals surface area contributed by atoms with E-state index in [1.54, 1.807) is 19.1 Å². The molecule has 0 radical (unpaired) electrons. The van der Waals surface area contributed by atoms with Crippen LogP contribution in [0.2, 0.25) is 0 Å². The Kier molecular flexibility index (Phi) is 3.56. The molecule has 0 bridgehead atoms. The maximum Gasteiger partial charge on any atom is 0.178 e. The van der Waals surface area contributed by atoms with Crippen LogP contribution in [0.4, 0.5) is 14.5 Å². The third-order valence-corrected chi connectivity index (χ3v) is 3.87. The van der Waals surface area contributed by atoms with E-state index in [0.29, 0.717) is 11.3 Å². The smallest absolute Gasteiger partial charge is 0.178 e. The van der Waals surface area contributed by atoms with Gasteiger partial charge in [0.15, 0.2) is 17.2 Å². The number of aliphatic hydroxyl groups is 1. The van der Waals surface area contributed by atoms with Crippen LogP contribution >= 0.6 is 0 Å². The van der Waals surface area contributed by atoms with E-state index in [1.807, 2.05) is 13.0 Å². The quantitative estimate of drug-likeness (QED) is 0.914. The highest BCUT2D eigenvalue weighted by Crippen LogP contribution is 2.45. The van der Waals surface area contributed by atoms with Crippen molar-refractivity contribution in [1.29, 1.82) is 0 Å². The average molecular weight is 318 g/mol. The molecule has 1 aliphatic heterocycles. The molecule has 2 aromatic rings. The van der Waals surface area contributed by atoms with E-state index in [0.717, 1.165) is 17.7 Å². The third-order valence-electron chi connectivity index (χ3n) is 3.87. The van der Waals surface area contributed by atoms with Crippen LogP contribution in [0.1, 0.15) is 23.6 Å². The number of nitrogens with two attached hydrogens (primary N) is 1. The standard InChI is InChI=1S/C17H16F2N2O2/c1-3-23-15-8-13(19)12(18)7-11(15)17(22)10-6-9(2)4-5-14(10)21-16(17)20/h4-8,22H,3H2,1-2H3,(H2,20,21). The van der Waals surface area contributed by atoms with E-state index in [4.69, 9.17) is 10.5 Å². The Balaban J connectivity index is 2.28. The lowest BCUT2D eigenvalue weighted by atomic mass is 9.85. The van der Waals surface area contributed by atoms with Crippen molar-refractivity contribution in [1.82, 2.24) is 0 Å². The zero-order valence-electron chi connectivity index (χ0n) is 12.7. The number of rotatable bonds is 3. The number of hydrogen-bond donors (Lipinski definition) is 2. The van der Waals surface area contributed by atoms with Crippen LogP contribution in [0.15, 0.2) is 35.3 Å². The molecule has 23 heavy (non-hydrogen) atoms. The van der Waals surface area contributed by atoms with Crippen molar-refractivity contribution in [2.24, 2.45) is 10.7 Å². The largest absolute Gasteiger partial charge is 0.493 e. The number of ether oxygens (including phenoxy) is 1. The highest BCUT2D eigenvalue weighted by Gasteiger charge is 2.45. The molecule has 120 valence electrons. The minimum Gasteiger partial charge on any atom is -0.493 e. The fourth-order valence-corrected chi connectivity index (χ4v) is 2.76. The van der Waals surface area contributed by atoms with E-state index < -0.39 is 17.2 Å². The van der Waals surface area contributed by atoms with Crippen molar-refractivity contribution in [3.05, 3.63) is 58.7 Å². The number of fused-ring (bicyclic) bond motifs is 1. The number of halogens is 2. The lowest BCUT2D eigenvalue weighted by Gasteiger charge is -2.27. The number of nitrogens with zero attached hydrogens (tertiary/aromatic N) is 1. The predicted octanol–water partition coefficient (Wildman–Crippen LogP) is 2.91. The summed E-state index contributed by atoms with van der Waals surface area (Å²) in [6.45, 7) is 3.79. The summed E-state index contributed by atoms with van der Waals surface area (Å²) < 4.78 is 32.7. The van der Waals surface area contributed by atoms with Gasteiger partial charge in [-0.2, -0.15) is 0 Å². The Morgan fingerprint density at radius 1 is 1.17 bits per heavy atom. The van der Waals surface area contributed by atoms with Gasteiger partial charge in [0, 0.05) is 17.2 Å². The molecule has 3 N–H and O–H groups in total. The molecule has 0 amide bonds. The maximum atomic E-state index is 13.8. The fourth-order valence-electron chi connectivity index (χ4n) is 2.76. The molecule has 1 heterocycles. The summed E-state index contributed by atoms with van der Waals surface area (Å²) in [5.41, 5.74) is 5.89. The van der Waals surface area contributed by atoms with Gasteiger partial charge in [-0.25, -0.2) is 13.8 Å². The highest BCUT2D eigenvalue weighted by molar-refractivity contribution is 6.01. The van der Waals surface area contributed by atoms with Crippen molar-refractivity contribution in [2.75, 3.05) is 6.61 Å². The minimum absolute atomic E-state index is 0.0291. The van der Waals surface area contributed by atoms with Crippen LogP contribution < -0.4 is 10.5 Å². The Hall–Kier alpha value is -2.47. The van der Waals surface area contributed by atoms with E-state index in [9.17, 15) is 13.9 Å². The van der Waals surface area contributed by atoms with Crippen LogP contribution in [0, 0.1) is 18.6 Å². The van der Waals surface area contributed by atoms with Crippen molar-refractivity contribution in [2.45, 2.75) is 19.4 Å². The summed E-state index contributed by atoms with van der Waals surface area (Å²) in [6.07, 6.45) is 0. The Morgan fingerprint density at radius 3 is 2.57 bits per heavy atom. The topological polar surface area (TPSA) is 67.8 Å². The summed E-state index contributed by atoms with van der Waals surface area (Å²) in [7, 11) is 0. The first kappa shape index (κ1) is 15.4. The average Bonchev–Trinajstić information content (AvgIpc) is 2.75. The fraction of sp³-hybridized carbons (Fsp3) is 0.235. The molecule has 1 atom stereocenters. The van der Waals surface area contributed by atoms with Crippen LogP contribution in [0.3, 0.4) is 0 Å². The van der Waals surface area contributed by atoms with Gasteiger partial charge in [0.2, 0.25) is 0 Å².